The number of amidine groups is 1. The van der Waals surface area contributed by atoms with Gasteiger partial charge in [-0.3, -0.25) is 25.2 Å². The molecule has 2 atom stereocenters. The number of nitrogens with two attached hydrogens (primary N) is 1. The lowest BCUT2D eigenvalue weighted by molar-refractivity contribution is -0.137. The van der Waals surface area contributed by atoms with Gasteiger partial charge in [0.15, 0.2) is 6.23 Å². The molecule has 6 N–H and O–H groups in total. The number of carbonyl (C=O) groups excluding carboxylic acids is 2. The Morgan fingerprint density at radius 2 is 1.84 bits per heavy atom. The molecule has 1 aromatic carbocycles. The summed E-state index contributed by atoms with van der Waals surface area (Å²) >= 11 is 0. The Morgan fingerprint density at radius 1 is 1.16 bits per heavy atom. The molecule has 0 aromatic heterocycles. The lowest BCUT2D eigenvalue weighted by Crippen LogP contribution is -2.59. The summed E-state index contributed by atoms with van der Waals surface area (Å²) in [6.45, 7) is 0.419. The van der Waals surface area contributed by atoms with E-state index < -0.39 is 24.3 Å². The average Bonchev–Trinajstić information content (AvgIpc) is 2.75. The lowest BCUT2D eigenvalue weighted by atomic mass is 9.88. The van der Waals surface area contributed by atoms with Gasteiger partial charge in [-0.05, 0) is 24.8 Å². The van der Waals surface area contributed by atoms with Gasteiger partial charge in [0.2, 0.25) is 5.91 Å². The Kier molecular flexibility index (Phi) is 8.04. The molecule has 1 saturated carbocycles. The molecule has 1 saturated heterocycles. The molecule has 2 unspecified atom stereocenters. The summed E-state index contributed by atoms with van der Waals surface area (Å²) in [6.07, 6.45) is 4.18. The van der Waals surface area contributed by atoms with Gasteiger partial charge in [0, 0.05) is 24.6 Å². The highest BCUT2D eigenvalue weighted by molar-refractivity contribution is 5.94. The number of carboxylic acid groups (broad SMARTS) is 1. The van der Waals surface area contributed by atoms with Crippen molar-refractivity contribution in [2.24, 2.45) is 11.7 Å². The maximum atomic E-state index is 12.7. The molecule has 0 spiro atoms. The lowest BCUT2D eigenvalue weighted by Gasteiger charge is -2.40. The maximum Gasteiger partial charge on any atom is 0.412 e. The van der Waals surface area contributed by atoms with Crippen LogP contribution in [0, 0.1) is 11.3 Å². The van der Waals surface area contributed by atoms with Crippen LogP contribution >= 0.6 is 0 Å². The van der Waals surface area contributed by atoms with E-state index in [1.165, 1.54) is 4.90 Å². The SMILES string of the molecule is N=C(N)c1ccc(CNC(=O)C2CCN2C(=O)OC(NCC(=O)O)C2CCCCC2)cc1. The zero-order valence-electron chi connectivity index (χ0n) is 18.0. The zero-order chi connectivity index (χ0) is 23.1. The number of nitrogen functional groups attached to an aromatic ring is 1. The zero-order valence-corrected chi connectivity index (χ0v) is 18.0. The van der Waals surface area contributed by atoms with Gasteiger partial charge >= 0.3 is 12.1 Å². The number of nitrogens with one attached hydrogen (secondary N) is 3. The standard InChI is InChI=1S/C22H31N5O5/c23-19(24)15-8-6-14(7-9-15)12-25-20(30)17-10-11-27(17)22(31)32-21(26-13-18(28)29)16-4-2-1-3-5-16/h6-9,16-17,21,26H,1-5,10-13H2,(H3,23,24)(H,25,30)(H,28,29). The van der Waals surface area contributed by atoms with Gasteiger partial charge in [0.05, 0.1) is 6.54 Å². The molecule has 3 rings (SSSR count). The van der Waals surface area contributed by atoms with Crippen molar-refractivity contribution in [3.05, 3.63) is 35.4 Å². The van der Waals surface area contributed by atoms with Crippen LogP contribution in [0.1, 0.15) is 49.7 Å². The molecule has 32 heavy (non-hydrogen) atoms. The van der Waals surface area contributed by atoms with E-state index in [9.17, 15) is 14.4 Å². The van der Waals surface area contributed by atoms with Crippen LogP contribution in [-0.2, 0) is 20.9 Å². The molecule has 0 radical (unpaired) electrons. The summed E-state index contributed by atoms with van der Waals surface area (Å²) in [5, 5.41) is 22.1. The Hall–Kier alpha value is -3.14. The Bertz CT molecular complexity index is 838. The summed E-state index contributed by atoms with van der Waals surface area (Å²) in [5.41, 5.74) is 6.90. The van der Waals surface area contributed by atoms with Crippen molar-refractivity contribution >= 4 is 23.8 Å². The van der Waals surface area contributed by atoms with E-state index in [4.69, 9.17) is 21.0 Å². The van der Waals surface area contributed by atoms with Crippen LogP contribution in [0.25, 0.3) is 0 Å². The molecular formula is C22H31N5O5. The van der Waals surface area contributed by atoms with Crippen LogP contribution in [0.2, 0.25) is 0 Å². The Morgan fingerprint density at radius 3 is 2.41 bits per heavy atom. The Labute approximate surface area is 187 Å². The smallest absolute Gasteiger partial charge is 0.412 e. The van der Waals surface area contributed by atoms with Crippen molar-refractivity contribution in [3.8, 4) is 0 Å². The largest absolute Gasteiger partial charge is 0.480 e. The molecule has 1 aromatic rings. The summed E-state index contributed by atoms with van der Waals surface area (Å²) in [4.78, 5) is 37.7. The van der Waals surface area contributed by atoms with Gasteiger partial charge in [-0.2, -0.15) is 0 Å². The van der Waals surface area contributed by atoms with E-state index in [1.54, 1.807) is 24.3 Å². The topological polar surface area (TPSA) is 158 Å². The first kappa shape index (κ1) is 23.5. The second-order valence-electron chi connectivity index (χ2n) is 8.30. The van der Waals surface area contributed by atoms with E-state index in [0.29, 0.717) is 25.1 Å². The molecule has 10 nitrogen and oxygen atoms in total. The predicted molar refractivity (Wildman–Crippen MR) is 117 cm³/mol. The number of likely N-dealkylation sites (tertiary alicyclic amines) is 1. The molecule has 174 valence electrons. The first-order valence-corrected chi connectivity index (χ1v) is 11.0. The van der Waals surface area contributed by atoms with E-state index in [1.807, 2.05) is 0 Å². The minimum Gasteiger partial charge on any atom is -0.480 e. The van der Waals surface area contributed by atoms with Gasteiger partial charge in [-0.1, -0.05) is 43.5 Å². The second kappa shape index (κ2) is 10.9. The molecular weight excluding hydrogens is 414 g/mol. The minimum absolute atomic E-state index is 0.0198. The highest BCUT2D eigenvalue weighted by atomic mass is 16.6. The number of hydrogen-bond acceptors (Lipinski definition) is 6. The maximum absolute atomic E-state index is 12.7. The van der Waals surface area contributed by atoms with Crippen molar-refractivity contribution < 1.29 is 24.2 Å². The summed E-state index contributed by atoms with van der Waals surface area (Å²) in [6, 6.07) is 6.39. The summed E-state index contributed by atoms with van der Waals surface area (Å²) in [5.74, 6) is -1.23. The third kappa shape index (κ3) is 6.19. The van der Waals surface area contributed by atoms with Crippen LogP contribution in [-0.4, -0.2) is 59.2 Å². The third-order valence-corrected chi connectivity index (χ3v) is 6.05. The minimum atomic E-state index is -1.01. The molecule has 2 aliphatic rings. The highest BCUT2D eigenvalue weighted by Crippen LogP contribution is 2.28. The molecule has 2 amide bonds. The average molecular weight is 446 g/mol. The van der Waals surface area contributed by atoms with Gasteiger partial charge in [-0.25, -0.2) is 4.79 Å². The fourth-order valence-electron chi connectivity index (χ4n) is 4.09. The van der Waals surface area contributed by atoms with Crippen LogP contribution in [0.3, 0.4) is 0 Å². The Balaban J connectivity index is 1.52. The first-order chi connectivity index (χ1) is 15.3. The van der Waals surface area contributed by atoms with E-state index in [2.05, 4.69) is 10.6 Å². The number of hydrogen-bond donors (Lipinski definition) is 5. The monoisotopic (exact) mass is 445 g/mol. The fourth-order valence-corrected chi connectivity index (χ4v) is 4.09. The molecule has 0 bridgehead atoms. The van der Waals surface area contributed by atoms with E-state index in [-0.39, 0.29) is 24.2 Å². The highest BCUT2D eigenvalue weighted by Gasteiger charge is 2.40. The normalized spacial score (nSPS) is 19.5. The summed E-state index contributed by atoms with van der Waals surface area (Å²) in [7, 11) is 0. The van der Waals surface area contributed by atoms with Crippen molar-refractivity contribution in [2.45, 2.75) is 57.3 Å². The van der Waals surface area contributed by atoms with Crippen LogP contribution < -0.4 is 16.4 Å². The number of ether oxygens (including phenoxy) is 1. The number of rotatable bonds is 9. The number of benzene rings is 1. The van der Waals surface area contributed by atoms with Crippen molar-refractivity contribution in [1.82, 2.24) is 15.5 Å². The third-order valence-electron chi connectivity index (χ3n) is 6.05. The number of carbonyl (C=O) groups is 3. The molecule has 1 aliphatic carbocycles. The number of aliphatic carboxylic acids is 1. The molecule has 1 aliphatic heterocycles. The van der Waals surface area contributed by atoms with Crippen LogP contribution in [0.5, 0.6) is 0 Å². The quantitative estimate of drug-likeness (QED) is 0.218. The van der Waals surface area contributed by atoms with Gasteiger partial charge < -0.3 is 20.9 Å². The van der Waals surface area contributed by atoms with Crippen molar-refractivity contribution in [2.75, 3.05) is 13.1 Å². The van der Waals surface area contributed by atoms with Crippen molar-refractivity contribution in [1.29, 1.82) is 5.41 Å². The summed E-state index contributed by atoms with van der Waals surface area (Å²) < 4.78 is 5.62. The molecule has 10 heteroatoms. The van der Waals surface area contributed by atoms with Gasteiger partial charge in [0.25, 0.3) is 0 Å². The predicted octanol–water partition coefficient (Wildman–Crippen LogP) is 1.38. The van der Waals surface area contributed by atoms with Crippen molar-refractivity contribution in [3.63, 3.8) is 0 Å². The fraction of sp³-hybridized carbons (Fsp3) is 0.545. The van der Waals surface area contributed by atoms with E-state index >= 15 is 0 Å². The molecule has 2 fully saturated rings. The van der Waals surface area contributed by atoms with Gasteiger partial charge in [0.1, 0.15) is 11.9 Å². The van der Waals surface area contributed by atoms with E-state index in [0.717, 1.165) is 37.7 Å². The number of amides is 2. The van der Waals surface area contributed by atoms with Crippen LogP contribution in [0.4, 0.5) is 4.79 Å². The van der Waals surface area contributed by atoms with Crippen LogP contribution in [0.15, 0.2) is 24.3 Å². The second-order valence-corrected chi connectivity index (χ2v) is 8.30. The first-order valence-electron chi connectivity index (χ1n) is 11.0. The number of carboxylic acids is 1. The van der Waals surface area contributed by atoms with Gasteiger partial charge in [-0.15, -0.1) is 0 Å². The number of nitrogens with zero attached hydrogens (tertiary/aromatic N) is 1. The molecule has 1 heterocycles.